The molecule has 1 aliphatic heterocycles. The van der Waals surface area contributed by atoms with E-state index >= 15 is 0 Å². The van der Waals surface area contributed by atoms with Gasteiger partial charge in [0.1, 0.15) is 0 Å². The van der Waals surface area contributed by atoms with Gasteiger partial charge in [0.25, 0.3) is 0 Å². The minimum atomic E-state index is -0.330. The van der Waals surface area contributed by atoms with E-state index in [1.165, 1.54) is 0 Å². The fourth-order valence-corrected chi connectivity index (χ4v) is 3.81. The molecular weight excluding hydrogens is 380 g/mol. The van der Waals surface area contributed by atoms with Crippen molar-refractivity contribution in [1.82, 2.24) is 4.90 Å². The van der Waals surface area contributed by atoms with Gasteiger partial charge < -0.3 is 19.7 Å². The summed E-state index contributed by atoms with van der Waals surface area (Å²) in [6.07, 6.45) is 0.943. The summed E-state index contributed by atoms with van der Waals surface area (Å²) in [6, 6.07) is 13.6. The van der Waals surface area contributed by atoms with Crippen molar-refractivity contribution in [3.8, 4) is 11.5 Å². The van der Waals surface area contributed by atoms with Crippen LogP contribution in [0.1, 0.15) is 37.3 Å². The Morgan fingerprint density at radius 2 is 1.87 bits per heavy atom. The number of hydrogen-bond acceptors (Lipinski definition) is 4. The van der Waals surface area contributed by atoms with Crippen LogP contribution in [-0.4, -0.2) is 44.0 Å². The quantitative estimate of drug-likeness (QED) is 0.718. The Morgan fingerprint density at radius 1 is 1.13 bits per heavy atom. The standard InChI is InChI=1S/C24H30N2O4/c1-16(2)19-7-5-6-8-20(19)25-24(28)18-14-23(27)26(15-18)12-11-17-9-10-21(29-3)22(13-17)30-4/h5-10,13,16,18H,11-12,14-15H2,1-4H3,(H,25,28). The lowest BCUT2D eigenvalue weighted by molar-refractivity contribution is -0.128. The number of nitrogens with zero attached hydrogens (tertiary/aromatic N) is 1. The minimum Gasteiger partial charge on any atom is -0.493 e. The predicted molar refractivity (Wildman–Crippen MR) is 117 cm³/mol. The summed E-state index contributed by atoms with van der Waals surface area (Å²) in [5, 5.41) is 3.03. The smallest absolute Gasteiger partial charge is 0.229 e. The molecule has 0 spiro atoms. The molecule has 1 aliphatic rings. The fourth-order valence-electron chi connectivity index (χ4n) is 3.81. The van der Waals surface area contributed by atoms with Crippen molar-refractivity contribution < 1.29 is 19.1 Å². The number of likely N-dealkylation sites (tertiary alicyclic amines) is 1. The third-order valence-corrected chi connectivity index (χ3v) is 5.54. The van der Waals surface area contributed by atoms with Gasteiger partial charge in [-0.2, -0.15) is 0 Å². The van der Waals surface area contributed by atoms with E-state index in [4.69, 9.17) is 9.47 Å². The Balaban J connectivity index is 1.59. The van der Waals surface area contributed by atoms with Crippen molar-refractivity contribution in [2.75, 3.05) is 32.6 Å². The first kappa shape index (κ1) is 21.7. The molecular formula is C24H30N2O4. The number of amides is 2. The van der Waals surface area contributed by atoms with Crippen LogP contribution in [0.15, 0.2) is 42.5 Å². The Kier molecular flexibility index (Phi) is 6.98. The van der Waals surface area contributed by atoms with Crippen LogP contribution < -0.4 is 14.8 Å². The largest absolute Gasteiger partial charge is 0.493 e. The maximum Gasteiger partial charge on any atom is 0.229 e. The Labute approximate surface area is 178 Å². The lowest BCUT2D eigenvalue weighted by atomic mass is 10.0. The molecule has 6 nitrogen and oxygen atoms in total. The first-order chi connectivity index (χ1) is 14.4. The SMILES string of the molecule is COc1ccc(CCN2CC(C(=O)Nc3ccccc3C(C)C)CC2=O)cc1OC. The van der Waals surface area contributed by atoms with Crippen LogP contribution >= 0.6 is 0 Å². The van der Waals surface area contributed by atoms with Crippen molar-refractivity contribution in [3.63, 3.8) is 0 Å². The maximum absolute atomic E-state index is 12.8. The van der Waals surface area contributed by atoms with E-state index in [2.05, 4.69) is 19.2 Å². The number of nitrogens with one attached hydrogen (secondary N) is 1. The second-order valence-corrected chi connectivity index (χ2v) is 7.91. The monoisotopic (exact) mass is 410 g/mol. The van der Waals surface area contributed by atoms with E-state index in [-0.39, 0.29) is 24.2 Å². The number of carbonyl (C=O) groups excluding carboxylic acids is 2. The lowest BCUT2D eigenvalue weighted by Gasteiger charge is -2.18. The molecule has 3 rings (SSSR count). The Morgan fingerprint density at radius 3 is 2.57 bits per heavy atom. The van der Waals surface area contributed by atoms with E-state index in [1.54, 1.807) is 19.1 Å². The maximum atomic E-state index is 12.8. The van der Waals surface area contributed by atoms with Crippen molar-refractivity contribution in [2.45, 2.75) is 32.6 Å². The van der Waals surface area contributed by atoms with Crippen LogP contribution in [0.4, 0.5) is 5.69 Å². The molecule has 6 heteroatoms. The molecule has 1 unspecified atom stereocenters. The summed E-state index contributed by atoms with van der Waals surface area (Å²) in [7, 11) is 3.21. The van der Waals surface area contributed by atoms with Gasteiger partial charge in [-0.1, -0.05) is 38.1 Å². The number of benzene rings is 2. The number of rotatable bonds is 8. The van der Waals surface area contributed by atoms with Gasteiger partial charge in [-0.3, -0.25) is 9.59 Å². The molecule has 160 valence electrons. The first-order valence-corrected chi connectivity index (χ1v) is 10.3. The highest BCUT2D eigenvalue weighted by Gasteiger charge is 2.34. The Hall–Kier alpha value is -3.02. The third kappa shape index (κ3) is 4.93. The highest BCUT2D eigenvalue weighted by Crippen LogP contribution is 2.29. The van der Waals surface area contributed by atoms with Gasteiger partial charge in [0.15, 0.2) is 11.5 Å². The van der Waals surface area contributed by atoms with Gasteiger partial charge in [-0.15, -0.1) is 0 Å². The molecule has 1 heterocycles. The predicted octanol–water partition coefficient (Wildman–Crippen LogP) is 3.86. The number of anilines is 1. The molecule has 0 bridgehead atoms. The first-order valence-electron chi connectivity index (χ1n) is 10.3. The summed E-state index contributed by atoms with van der Waals surface area (Å²) < 4.78 is 10.6. The van der Waals surface area contributed by atoms with Crippen LogP contribution in [0.3, 0.4) is 0 Å². The highest BCUT2D eigenvalue weighted by molar-refractivity contribution is 5.97. The van der Waals surface area contributed by atoms with Gasteiger partial charge in [0.05, 0.1) is 20.1 Å². The van der Waals surface area contributed by atoms with E-state index < -0.39 is 0 Å². The molecule has 0 aliphatic carbocycles. The molecule has 1 N–H and O–H groups in total. The van der Waals surface area contributed by atoms with Crippen molar-refractivity contribution in [3.05, 3.63) is 53.6 Å². The molecule has 1 atom stereocenters. The van der Waals surface area contributed by atoms with Crippen molar-refractivity contribution >= 4 is 17.5 Å². The zero-order valence-electron chi connectivity index (χ0n) is 18.1. The number of ether oxygens (including phenoxy) is 2. The van der Waals surface area contributed by atoms with Crippen molar-refractivity contribution in [1.29, 1.82) is 0 Å². The topological polar surface area (TPSA) is 67.9 Å². The summed E-state index contributed by atoms with van der Waals surface area (Å²) in [5.41, 5.74) is 2.98. The van der Waals surface area contributed by atoms with Gasteiger partial charge in [0.2, 0.25) is 11.8 Å². The van der Waals surface area contributed by atoms with E-state index in [1.807, 2.05) is 42.5 Å². The van der Waals surface area contributed by atoms with Crippen LogP contribution in [0.25, 0.3) is 0 Å². The zero-order chi connectivity index (χ0) is 21.7. The summed E-state index contributed by atoms with van der Waals surface area (Å²) in [4.78, 5) is 27.0. The molecule has 2 aromatic rings. The molecule has 0 radical (unpaired) electrons. The molecule has 2 aromatic carbocycles. The normalized spacial score (nSPS) is 16.1. The van der Waals surface area contributed by atoms with E-state index in [0.29, 0.717) is 36.9 Å². The van der Waals surface area contributed by atoms with Crippen LogP contribution in [0, 0.1) is 5.92 Å². The second kappa shape index (κ2) is 9.65. The number of methoxy groups -OCH3 is 2. The average Bonchev–Trinajstić information content (AvgIpc) is 3.13. The summed E-state index contributed by atoms with van der Waals surface area (Å²) >= 11 is 0. The molecule has 30 heavy (non-hydrogen) atoms. The zero-order valence-corrected chi connectivity index (χ0v) is 18.1. The highest BCUT2D eigenvalue weighted by atomic mass is 16.5. The van der Waals surface area contributed by atoms with Crippen LogP contribution in [0.5, 0.6) is 11.5 Å². The molecule has 0 saturated carbocycles. The van der Waals surface area contributed by atoms with Gasteiger partial charge in [0, 0.05) is 25.2 Å². The van der Waals surface area contributed by atoms with Gasteiger partial charge in [-0.25, -0.2) is 0 Å². The lowest BCUT2D eigenvalue weighted by Crippen LogP contribution is -2.30. The van der Waals surface area contributed by atoms with Crippen molar-refractivity contribution in [2.24, 2.45) is 5.92 Å². The van der Waals surface area contributed by atoms with E-state index in [9.17, 15) is 9.59 Å². The van der Waals surface area contributed by atoms with Gasteiger partial charge >= 0.3 is 0 Å². The summed E-state index contributed by atoms with van der Waals surface area (Å²) in [6.45, 7) is 5.21. The number of carbonyl (C=O) groups is 2. The van der Waals surface area contributed by atoms with E-state index in [0.717, 1.165) is 16.8 Å². The molecule has 0 aromatic heterocycles. The second-order valence-electron chi connectivity index (χ2n) is 7.91. The Bertz CT molecular complexity index is 910. The molecule has 1 saturated heterocycles. The third-order valence-electron chi connectivity index (χ3n) is 5.54. The molecule has 1 fully saturated rings. The van der Waals surface area contributed by atoms with Gasteiger partial charge in [-0.05, 0) is 41.7 Å². The van der Waals surface area contributed by atoms with Crippen LogP contribution in [-0.2, 0) is 16.0 Å². The summed E-state index contributed by atoms with van der Waals surface area (Å²) in [5.74, 6) is 1.26. The minimum absolute atomic E-state index is 0.0211. The number of para-hydroxylation sites is 1. The number of hydrogen-bond donors (Lipinski definition) is 1. The average molecular weight is 411 g/mol. The molecule has 2 amide bonds. The van der Waals surface area contributed by atoms with Crippen LogP contribution in [0.2, 0.25) is 0 Å². The fraction of sp³-hybridized carbons (Fsp3) is 0.417.